The Balaban J connectivity index is 3.34. The van der Waals surface area contributed by atoms with E-state index in [9.17, 15) is 18.0 Å². The van der Waals surface area contributed by atoms with Crippen LogP contribution in [0.1, 0.15) is 16.1 Å². The van der Waals surface area contributed by atoms with Gasteiger partial charge in [0.05, 0.1) is 24.7 Å². The van der Waals surface area contributed by atoms with Crippen LogP contribution in [0.3, 0.4) is 0 Å². The van der Waals surface area contributed by atoms with Gasteiger partial charge in [-0.2, -0.15) is 0 Å². The number of halogens is 3. The van der Waals surface area contributed by atoms with E-state index in [-0.39, 0.29) is 17.9 Å². The molecule has 0 radical (unpaired) electrons. The van der Waals surface area contributed by atoms with Crippen molar-refractivity contribution >= 4 is 11.7 Å². The Morgan fingerprint density at radius 1 is 1.50 bits per heavy atom. The summed E-state index contributed by atoms with van der Waals surface area (Å²) in [6, 6.07) is 0. The zero-order valence-corrected chi connectivity index (χ0v) is 9.25. The van der Waals surface area contributed by atoms with E-state index in [1.165, 1.54) is 0 Å². The lowest BCUT2D eigenvalue weighted by atomic mass is 10.1. The first-order valence-electron chi connectivity index (χ1n) is 4.61. The fraction of sp³-hybridized carbons (Fsp3) is 0.333. The SMILES string of the molecule is COC(=O)c1c(OC(F)(F)F)cnc(CN)c1N. The molecule has 1 heterocycles. The molecule has 0 atom stereocenters. The summed E-state index contributed by atoms with van der Waals surface area (Å²) < 4.78 is 44.4. The third-order valence-corrected chi connectivity index (χ3v) is 1.97. The fourth-order valence-electron chi connectivity index (χ4n) is 1.22. The zero-order valence-electron chi connectivity index (χ0n) is 9.25. The molecule has 1 rings (SSSR count). The van der Waals surface area contributed by atoms with Crippen molar-refractivity contribution in [2.45, 2.75) is 12.9 Å². The lowest BCUT2D eigenvalue weighted by molar-refractivity contribution is -0.274. The first-order valence-corrected chi connectivity index (χ1v) is 4.61. The van der Waals surface area contributed by atoms with Crippen molar-refractivity contribution in [2.75, 3.05) is 12.8 Å². The molecule has 0 saturated heterocycles. The van der Waals surface area contributed by atoms with Crippen molar-refractivity contribution in [2.24, 2.45) is 5.73 Å². The van der Waals surface area contributed by atoms with Crippen LogP contribution in [0, 0.1) is 0 Å². The Kier molecular flexibility index (Phi) is 3.96. The predicted molar refractivity (Wildman–Crippen MR) is 54.6 cm³/mol. The molecule has 0 aliphatic heterocycles. The molecule has 0 saturated carbocycles. The van der Waals surface area contributed by atoms with Crippen LogP contribution < -0.4 is 16.2 Å². The molecule has 1 aromatic rings. The number of nitrogens with two attached hydrogens (primary N) is 2. The van der Waals surface area contributed by atoms with Gasteiger partial charge in [-0.25, -0.2) is 4.79 Å². The standard InChI is InChI=1S/C9H10F3N3O3/c1-17-8(16)6-5(18-9(10,11)12)3-15-4(2-13)7(6)14/h3H,2,13-14H2,1H3. The van der Waals surface area contributed by atoms with Crippen molar-refractivity contribution in [3.63, 3.8) is 0 Å². The third kappa shape index (κ3) is 3.00. The summed E-state index contributed by atoms with van der Waals surface area (Å²) >= 11 is 0. The molecule has 18 heavy (non-hydrogen) atoms. The zero-order chi connectivity index (χ0) is 13.9. The van der Waals surface area contributed by atoms with Gasteiger partial charge in [0.25, 0.3) is 0 Å². The Bertz CT molecular complexity index is 462. The number of rotatable bonds is 3. The van der Waals surface area contributed by atoms with Crippen LogP contribution in [0.15, 0.2) is 6.20 Å². The number of aromatic nitrogens is 1. The highest BCUT2D eigenvalue weighted by molar-refractivity contribution is 5.98. The molecule has 0 fully saturated rings. The number of anilines is 1. The highest BCUT2D eigenvalue weighted by Crippen LogP contribution is 2.31. The number of hydrogen-bond donors (Lipinski definition) is 2. The van der Waals surface area contributed by atoms with Crippen LogP contribution in [-0.2, 0) is 11.3 Å². The van der Waals surface area contributed by atoms with Gasteiger partial charge in [-0.15, -0.1) is 13.2 Å². The average molecular weight is 265 g/mol. The van der Waals surface area contributed by atoms with E-state index >= 15 is 0 Å². The summed E-state index contributed by atoms with van der Waals surface area (Å²) in [4.78, 5) is 15.0. The maximum atomic E-state index is 12.1. The Morgan fingerprint density at radius 2 is 2.11 bits per heavy atom. The van der Waals surface area contributed by atoms with E-state index in [2.05, 4.69) is 14.5 Å². The van der Waals surface area contributed by atoms with Gasteiger partial charge in [0.2, 0.25) is 0 Å². The Hall–Kier alpha value is -2.03. The highest BCUT2D eigenvalue weighted by atomic mass is 19.4. The fourth-order valence-corrected chi connectivity index (χ4v) is 1.22. The number of pyridine rings is 1. The lowest BCUT2D eigenvalue weighted by Crippen LogP contribution is -2.21. The van der Waals surface area contributed by atoms with Crippen molar-refractivity contribution in [1.82, 2.24) is 4.98 Å². The molecular weight excluding hydrogens is 255 g/mol. The van der Waals surface area contributed by atoms with Crippen LogP contribution in [0.4, 0.5) is 18.9 Å². The van der Waals surface area contributed by atoms with Gasteiger partial charge in [-0.05, 0) is 0 Å². The summed E-state index contributed by atoms with van der Waals surface area (Å²) in [6.45, 7) is -0.137. The first-order chi connectivity index (χ1) is 8.30. The number of hydrogen-bond acceptors (Lipinski definition) is 6. The lowest BCUT2D eigenvalue weighted by Gasteiger charge is -2.14. The van der Waals surface area contributed by atoms with Crippen molar-refractivity contribution in [3.05, 3.63) is 17.5 Å². The molecule has 0 spiro atoms. The Labute approximate surface area is 99.7 Å². The van der Waals surface area contributed by atoms with Crippen molar-refractivity contribution in [3.8, 4) is 5.75 Å². The second kappa shape index (κ2) is 5.08. The van der Waals surface area contributed by atoms with Gasteiger partial charge in [0, 0.05) is 6.54 Å². The molecule has 0 unspecified atom stereocenters. The van der Waals surface area contributed by atoms with Crippen LogP contribution >= 0.6 is 0 Å². The minimum atomic E-state index is -4.97. The summed E-state index contributed by atoms with van der Waals surface area (Å²) in [6.07, 6.45) is -4.25. The number of methoxy groups -OCH3 is 1. The number of nitrogen functional groups attached to an aromatic ring is 1. The number of esters is 1. The van der Waals surface area contributed by atoms with Gasteiger partial charge in [-0.1, -0.05) is 0 Å². The molecule has 1 aromatic heterocycles. The van der Waals surface area contributed by atoms with Crippen LogP contribution in [0.5, 0.6) is 5.75 Å². The minimum absolute atomic E-state index is 0.0740. The average Bonchev–Trinajstić information content (AvgIpc) is 2.26. The summed E-state index contributed by atoms with van der Waals surface area (Å²) in [7, 11) is 1.00. The molecule has 9 heteroatoms. The molecule has 0 aliphatic rings. The topological polar surface area (TPSA) is 100 Å². The Morgan fingerprint density at radius 3 is 2.56 bits per heavy atom. The molecule has 6 nitrogen and oxygen atoms in total. The highest BCUT2D eigenvalue weighted by Gasteiger charge is 2.34. The smallest absolute Gasteiger partial charge is 0.465 e. The summed E-state index contributed by atoms with van der Waals surface area (Å²) in [5.41, 5.74) is 10.0. The van der Waals surface area contributed by atoms with E-state index in [1.54, 1.807) is 0 Å². The van der Waals surface area contributed by atoms with Crippen molar-refractivity contribution < 1.29 is 27.4 Å². The number of alkyl halides is 3. The monoisotopic (exact) mass is 265 g/mol. The van der Waals surface area contributed by atoms with Gasteiger partial charge in [0.1, 0.15) is 5.56 Å². The quantitative estimate of drug-likeness (QED) is 0.784. The number of nitrogens with zero attached hydrogens (tertiary/aromatic N) is 1. The van der Waals surface area contributed by atoms with Gasteiger partial charge in [0.15, 0.2) is 5.75 Å². The molecule has 0 bridgehead atoms. The first kappa shape index (κ1) is 14.0. The van der Waals surface area contributed by atoms with E-state index in [0.717, 1.165) is 13.3 Å². The normalized spacial score (nSPS) is 11.2. The van der Waals surface area contributed by atoms with E-state index in [0.29, 0.717) is 0 Å². The second-order valence-electron chi connectivity index (χ2n) is 3.10. The summed E-state index contributed by atoms with van der Waals surface area (Å²) in [5, 5.41) is 0. The van der Waals surface area contributed by atoms with Crippen LogP contribution in [0.25, 0.3) is 0 Å². The maximum absolute atomic E-state index is 12.1. The van der Waals surface area contributed by atoms with Crippen LogP contribution in [-0.4, -0.2) is 24.4 Å². The van der Waals surface area contributed by atoms with E-state index in [4.69, 9.17) is 11.5 Å². The van der Waals surface area contributed by atoms with Gasteiger partial charge >= 0.3 is 12.3 Å². The largest absolute Gasteiger partial charge is 0.573 e. The molecule has 0 amide bonds. The maximum Gasteiger partial charge on any atom is 0.573 e. The minimum Gasteiger partial charge on any atom is -0.465 e. The molecular formula is C9H10F3N3O3. The molecule has 0 aliphatic carbocycles. The predicted octanol–water partition coefficient (Wildman–Crippen LogP) is 0.808. The van der Waals surface area contributed by atoms with Crippen molar-refractivity contribution in [1.29, 1.82) is 0 Å². The van der Waals surface area contributed by atoms with E-state index in [1.807, 2.05) is 0 Å². The van der Waals surface area contributed by atoms with Gasteiger partial charge in [-0.3, -0.25) is 4.98 Å². The van der Waals surface area contributed by atoms with Crippen LogP contribution in [0.2, 0.25) is 0 Å². The summed E-state index contributed by atoms with van der Waals surface area (Å²) in [5.74, 6) is -1.90. The third-order valence-electron chi connectivity index (χ3n) is 1.97. The number of carbonyl (C=O) groups is 1. The molecule has 0 aromatic carbocycles. The second-order valence-corrected chi connectivity index (χ2v) is 3.10. The van der Waals surface area contributed by atoms with E-state index < -0.39 is 23.6 Å². The molecule has 100 valence electrons. The number of ether oxygens (including phenoxy) is 2. The number of carbonyl (C=O) groups excluding carboxylic acids is 1. The molecule has 4 N–H and O–H groups in total. The van der Waals surface area contributed by atoms with Gasteiger partial charge < -0.3 is 20.9 Å².